The Labute approximate surface area is 274 Å². The van der Waals surface area contributed by atoms with Crippen LogP contribution in [0.4, 0.5) is 0 Å². The lowest BCUT2D eigenvalue weighted by Gasteiger charge is -2.37. The fraction of sp³-hybridized carbons (Fsp3) is 0.342. The van der Waals surface area contributed by atoms with Gasteiger partial charge in [0.1, 0.15) is 17.1 Å². The summed E-state index contributed by atoms with van der Waals surface area (Å²) in [7, 11) is 7.50. The number of ether oxygens (including phenoxy) is 4. The van der Waals surface area contributed by atoms with E-state index in [4.69, 9.17) is 18.9 Å². The average molecular weight is 637 g/mol. The number of carboxylic acids is 1. The smallest absolute Gasteiger partial charge is 0.339 e. The summed E-state index contributed by atoms with van der Waals surface area (Å²) < 4.78 is 25.1. The first-order chi connectivity index (χ1) is 22.8. The van der Waals surface area contributed by atoms with Gasteiger partial charge in [-0.3, -0.25) is 9.80 Å². The molecule has 9 nitrogen and oxygen atoms in total. The zero-order valence-corrected chi connectivity index (χ0v) is 27.2. The summed E-state index contributed by atoms with van der Waals surface area (Å²) in [6.45, 7) is 1.53. The minimum Gasteiger partial charge on any atom is -0.493 e. The van der Waals surface area contributed by atoms with Crippen molar-refractivity contribution in [3.8, 4) is 34.5 Å². The molecule has 9 heteroatoms. The molecule has 0 aliphatic carbocycles. The Hall–Kier alpha value is -4.57. The summed E-state index contributed by atoms with van der Waals surface area (Å²) in [4.78, 5) is 16.8. The predicted molar refractivity (Wildman–Crippen MR) is 177 cm³/mol. The molecule has 0 saturated heterocycles. The fourth-order valence-electron chi connectivity index (χ4n) is 7.38. The van der Waals surface area contributed by atoms with Gasteiger partial charge in [0.15, 0.2) is 23.0 Å². The summed E-state index contributed by atoms with van der Waals surface area (Å²) in [6.07, 6.45) is 2.98. The predicted octanol–water partition coefficient (Wildman–Crippen LogP) is 6.34. The largest absolute Gasteiger partial charge is 0.493 e. The topological polar surface area (TPSA) is 101 Å². The average Bonchev–Trinajstić information content (AvgIpc) is 3.07. The highest BCUT2D eigenvalue weighted by Gasteiger charge is 2.34. The molecule has 0 spiro atoms. The molecule has 244 valence electrons. The number of carboxylic acid groups (broad SMARTS) is 1. The van der Waals surface area contributed by atoms with E-state index in [0.717, 1.165) is 53.7 Å². The number of carbonyl (C=O) groups is 1. The van der Waals surface area contributed by atoms with Gasteiger partial charge < -0.3 is 29.2 Å². The van der Waals surface area contributed by atoms with Crippen LogP contribution in [0.2, 0.25) is 0 Å². The van der Waals surface area contributed by atoms with E-state index >= 15 is 0 Å². The molecule has 47 heavy (non-hydrogen) atoms. The van der Waals surface area contributed by atoms with Crippen molar-refractivity contribution in [2.45, 2.75) is 44.4 Å². The molecule has 6 bridgehead atoms. The van der Waals surface area contributed by atoms with Crippen LogP contribution in [0.25, 0.3) is 0 Å². The number of hydrogen-bond donors (Lipinski definition) is 2. The highest BCUT2D eigenvalue weighted by atomic mass is 16.5. The molecule has 0 saturated carbocycles. The number of aromatic carboxylic acids is 1. The van der Waals surface area contributed by atoms with Crippen molar-refractivity contribution in [1.29, 1.82) is 0 Å². The molecule has 0 amide bonds. The molecular weight excluding hydrogens is 596 g/mol. The number of aliphatic hydroxyl groups excluding tert-OH is 1. The van der Waals surface area contributed by atoms with Gasteiger partial charge in [0.05, 0.1) is 20.8 Å². The van der Waals surface area contributed by atoms with Gasteiger partial charge in [-0.2, -0.15) is 0 Å². The maximum absolute atomic E-state index is 12.2. The highest BCUT2D eigenvalue weighted by molar-refractivity contribution is 5.91. The lowest BCUT2D eigenvalue weighted by Crippen LogP contribution is -2.34. The zero-order valence-electron chi connectivity index (χ0n) is 27.2. The van der Waals surface area contributed by atoms with Gasteiger partial charge in [-0.15, -0.1) is 0 Å². The number of methoxy groups -OCH3 is 2. The molecule has 0 unspecified atom stereocenters. The van der Waals surface area contributed by atoms with Crippen LogP contribution in [0.5, 0.6) is 34.5 Å². The standard InChI is InChI=1S/C38H40N2O7/c1-39-13-11-24-19-33(44-3)34-20-29(24)30(39)16-23-7-10-28(38(42)43)32(17-23)46-27-8-5-22(6-9-27)15-31-35-25(12-14-40(31)2)18-26(21-41)36(45-4)37(35)47-34/h5-10,17-20,30-31,41H,11-16,21H2,1-4H3,(H,42,43)/t30-,31+/m1/s1. The van der Waals surface area contributed by atoms with Crippen molar-refractivity contribution >= 4 is 5.97 Å². The first-order valence-electron chi connectivity index (χ1n) is 16.0. The molecule has 0 fully saturated rings. The number of hydrogen-bond acceptors (Lipinski definition) is 8. The number of benzene rings is 4. The minimum absolute atomic E-state index is 0.00725. The Kier molecular flexibility index (Phi) is 8.30. The molecule has 4 heterocycles. The van der Waals surface area contributed by atoms with Crippen molar-refractivity contribution in [2.75, 3.05) is 41.4 Å². The third-order valence-electron chi connectivity index (χ3n) is 9.96. The first kappa shape index (κ1) is 31.1. The van der Waals surface area contributed by atoms with E-state index in [0.29, 0.717) is 52.9 Å². The molecule has 2 atom stereocenters. The third kappa shape index (κ3) is 5.69. The second-order valence-corrected chi connectivity index (χ2v) is 12.7. The van der Waals surface area contributed by atoms with E-state index in [1.54, 1.807) is 20.3 Å². The number of aliphatic hydroxyl groups is 1. The molecule has 4 aliphatic heterocycles. The molecular formula is C38H40N2O7. The van der Waals surface area contributed by atoms with Crippen LogP contribution in [0, 0.1) is 0 Å². The summed E-state index contributed by atoms with van der Waals surface area (Å²) >= 11 is 0. The minimum atomic E-state index is -1.03. The SMILES string of the molecule is COc1cc2c3cc1Oc1c(OC)c(CO)cc4c1[C@H](Cc1ccc(cc1)Oc1cc(ccc1C(=O)O)C[C@H]3N(C)CC2)N(C)CC4. The number of nitrogens with zero attached hydrogens (tertiary/aromatic N) is 2. The molecule has 4 aromatic rings. The Morgan fingerprint density at radius 1 is 0.830 bits per heavy atom. The Morgan fingerprint density at radius 3 is 2.23 bits per heavy atom. The van der Waals surface area contributed by atoms with Crippen molar-refractivity contribution in [2.24, 2.45) is 0 Å². The first-order valence-corrected chi connectivity index (χ1v) is 16.0. The quantitative estimate of drug-likeness (QED) is 0.266. The molecule has 0 aromatic heterocycles. The summed E-state index contributed by atoms with van der Waals surface area (Å²) in [6, 6.07) is 19.3. The second-order valence-electron chi connectivity index (χ2n) is 12.7. The van der Waals surface area contributed by atoms with E-state index in [1.165, 1.54) is 5.56 Å². The number of rotatable bonds is 4. The Bertz CT molecular complexity index is 1840. The van der Waals surface area contributed by atoms with E-state index < -0.39 is 5.97 Å². The lowest BCUT2D eigenvalue weighted by molar-refractivity contribution is 0.0694. The van der Waals surface area contributed by atoms with Gasteiger partial charge in [-0.25, -0.2) is 4.79 Å². The molecule has 0 radical (unpaired) electrons. The van der Waals surface area contributed by atoms with Crippen LogP contribution in [-0.2, 0) is 32.3 Å². The molecule has 4 aromatic carbocycles. The number of likely N-dealkylation sites (N-methyl/N-ethyl adjacent to an activating group) is 2. The summed E-state index contributed by atoms with van der Waals surface area (Å²) in [5.74, 6) is 2.17. The highest BCUT2D eigenvalue weighted by Crippen LogP contribution is 2.49. The van der Waals surface area contributed by atoms with Crippen LogP contribution in [0.15, 0.2) is 60.7 Å². The maximum atomic E-state index is 12.2. The fourth-order valence-corrected chi connectivity index (χ4v) is 7.38. The monoisotopic (exact) mass is 636 g/mol. The zero-order chi connectivity index (χ0) is 32.8. The normalized spacial score (nSPS) is 19.1. The Morgan fingerprint density at radius 2 is 1.53 bits per heavy atom. The van der Waals surface area contributed by atoms with Crippen LogP contribution in [0.1, 0.15) is 61.4 Å². The molecule has 2 N–H and O–H groups in total. The van der Waals surface area contributed by atoms with Crippen LogP contribution < -0.4 is 18.9 Å². The summed E-state index contributed by atoms with van der Waals surface area (Å²) in [5, 5.41) is 20.4. The maximum Gasteiger partial charge on any atom is 0.339 e. The summed E-state index contributed by atoms with van der Waals surface area (Å²) in [5.41, 5.74) is 7.31. The lowest BCUT2D eigenvalue weighted by atomic mass is 9.86. The van der Waals surface area contributed by atoms with Crippen molar-refractivity contribution in [3.63, 3.8) is 0 Å². The van der Waals surface area contributed by atoms with Crippen molar-refractivity contribution in [1.82, 2.24) is 9.80 Å². The van der Waals surface area contributed by atoms with Gasteiger partial charge in [-0.05, 0) is 110 Å². The number of fused-ring (bicyclic) bond motifs is 2. The van der Waals surface area contributed by atoms with Gasteiger partial charge in [-0.1, -0.05) is 18.2 Å². The van der Waals surface area contributed by atoms with E-state index in [-0.39, 0.29) is 24.3 Å². The Balaban J connectivity index is 1.46. The van der Waals surface area contributed by atoms with Crippen LogP contribution >= 0.6 is 0 Å². The van der Waals surface area contributed by atoms with E-state index in [1.807, 2.05) is 42.5 Å². The van der Waals surface area contributed by atoms with Crippen LogP contribution in [0.3, 0.4) is 0 Å². The molecule has 4 aliphatic rings. The van der Waals surface area contributed by atoms with Crippen molar-refractivity contribution < 1.29 is 34.0 Å². The van der Waals surface area contributed by atoms with Crippen molar-refractivity contribution in [3.05, 3.63) is 105 Å². The van der Waals surface area contributed by atoms with Gasteiger partial charge in [0, 0.05) is 36.3 Å². The van der Waals surface area contributed by atoms with Gasteiger partial charge in [0.25, 0.3) is 0 Å². The third-order valence-corrected chi connectivity index (χ3v) is 9.96. The van der Waals surface area contributed by atoms with Gasteiger partial charge in [0.2, 0.25) is 0 Å². The molecule has 8 rings (SSSR count). The van der Waals surface area contributed by atoms with E-state index in [2.05, 4.69) is 36.0 Å². The second kappa shape index (κ2) is 12.6. The van der Waals surface area contributed by atoms with Crippen LogP contribution in [-0.4, -0.2) is 67.4 Å². The van der Waals surface area contributed by atoms with Gasteiger partial charge >= 0.3 is 5.97 Å². The van der Waals surface area contributed by atoms with E-state index in [9.17, 15) is 15.0 Å².